The largest absolute Gasteiger partial charge is 0.481 e. The van der Waals surface area contributed by atoms with Crippen LogP contribution in [0.15, 0.2) is 27.2 Å². The molecular weight excluding hydrogens is 274 g/mol. The number of carbonyl (C=O) groups is 1. The van der Waals surface area contributed by atoms with Gasteiger partial charge in [-0.05, 0) is 37.4 Å². The van der Waals surface area contributed by atoms with E-state index in [1.54, 1.807) is 18.4 Å². The molecule has 0 saturated carbocycles. The molecule has 0 amide bonds. The van der Waals surface area contributed by atoms with Crippen molar-refractivity contribution in [2.45, 2.75) is 25.8 Å². The van der Waals surface area contributed by atoms with Gasteiger partial charge < -0.3 is 13.9 Å². The van der Waals surface area contributed by atoms with E-state index in [1.807, 2.05) is 0 Å². The Hall–Kier alpha value is -2.15. The summed E-state index contributed by atoms with van der Waals surface area (Å²) in [5, 5.41) is 16.7. The first-order valence-corrected chi connectivity index (χ1v) is 7.01. The van der Waals surface area contributed by atoms with E-state index in [9.17, 15) is 4.79 Å². The molecule has 7 nitrogen and oxygen atoms in total. The third-order valence-corrected chi connectivity index (χ3v) is 3.69. The van der Waals surface area contributed by atoms with Crippen LogP contribution in [0.3, 0.4) is 0 Å². The smallest absolute Gasteiger partial charge is 0.303 e. The minimum Gasteiger partial charge on any atom is -0.481 e. The first-order chi connectivity index (χ1) is 10.2. The van der Waals surface area contributed by atoms with Gasteiger partial charge in [-0.15, -0.1) is 10.2 Å². The molecule has 1 aliphatic rings. The highest BCUT2D eigenvalue weighted by molar-refractivity contribution is 5.66. The molecule has 2 aromatic heterocycles. The maximum Gasteiger partial charge on any atom is 0.303 e. The van der Waals surface area contributed by atoms with E-state index < -0.39 is 5.97 Å². The number of carboxylic acids is 1. The van der Waals surface area contributed by atoms with Gasteiger partial charge in [0.25, 0.3) is 5.89 Å². The molecule has 1 saturated heterocycles. The van der Waals surface area contributed by atoms with E-state index in [2.05, 4.69) is 15.1 Å². The second-order valence-corrected chi connectivity index (χ2v) is 5.30. The van der Waals surface area contributed by atoms with Crippen LogP contribution in [0, 0.1) is 5.92 Å². The Kier molecular flexibility index (Phi) is 4.01. The first-order valence-electron chi connectivity index (χ1n) is 7.01. The monoisotopic (exact) mass is 291 g/mol. The lowest BCUT2D eigenvalue weighted by Crippen LogP contribution is -2.20. The molecule has 112 valence electrons. The Bertz CT molecular complexity index is 593. The van der Waals surface area contributed by atoms with Gasteiger partial charge in [0.05, 0.1) is 12.8 Å². The lowest BCUT2D eigenvalue weighted by Gasteiger charge is -2.12. The van der Waals surface area contributed by atoms with Gasteiger partial charge in [0.1, 0.15) is 0 Å². The Morgan fingerprint density at radius 3 is 3.14 bits per heavy atom. The average molecular weight is 291 g/mol. The zero-order valence-corrected chi connectivity index (χ0v) is 11.6. The number of furan rings is 1. The molecule has 21 heavy (non-hydrogen) atoms. The molecule has 1 fully saturated rings. The summed E-state index contributed by atoms with van der Waals surface area (Å²) >= 11 is 0. The first kappa shape index (κ1) is 13.8. The minimum atomic E-state index is -0.728. The number of rotatable bonds is 6. The summed E-state index contributed by atoms with van der Waals surface area (Å²) in [5.41, 5.74) is 0. The Labute approximate surface area is 121 Å². The van der Waals surface area contributed by atoms with Crippen LogP contribution in [-0.2, 0) is 11.3 Å². The number of hydrogen-bond donors (Lipinski definition) is 1. The van der Waals surface area contributed by atoms with Crippen LogP contribution in [0.1, 0.15) is 25.2 Å². The van der Waals surface area contributed by atoms with E-state index >= 15 is 0 Å². The van der Waals surface area contributed by atoms with Crippen molar-refractivity contribution in [1.82, 2.24) is 15.1 Å². The Morgan fingerprint density at radius 1 is 1.48 bits per heavy atom. The highest BCUT2D eigenvalue weighted by atomic mass is 16.4. The molecule has 3 rings (SSSR count). The summed E-state index contributed by atoms with van der Waals surface area (Å²) in [6.45, 7) is 2.41. The van der Waals surface area contributed by atoms with E-state index in [0.29, 0.717) is 30.0 Å². The van der Waals surface area contributed by atoms with Crippen molar-refractivity contribution in [1.29, 1.82) is 0 Å². The van der Waals surface area contributed by atoms with Crippen molar-refractivity contribution >= 4 is 5.97 Å². The van der Waals surface area contributed by atoms with Crippen LogP contribution in [0.25, 0.3) is 11.7 Å². The van der Waals surface area contributed by atoms with E-state index in [4.69, 9.17) is 13.9 Å². The maximum absolute atomic E-state index is 10.6. The van der Waals surface area contributed by atoms with Crippen molar-refractivity contribution < 1.29 is 18.7 Å². The topological polar surface area (TPSA) is 92.6 Å². The van der Waals surface area contributed by atoms with E-state index in [0.717, 1.165) is 25.9 Å². The lowest BCUT2D eigenvalue weighted by atomic mass is 10.0. The van der Waals surface area contributed by atoms with Gasteiger partial charge in [-0.25, -0.2) is 0 Å². The number of aliphatic carboxylic acids is 1. The van der Waals surface area contributed by atoms with Gasteiger partial charge >= 0.3 is 5.97 Å². The van der Waals surface area contributed by atoms with Crippen LogP contribution >= 0.6 is 0 Å². The fourth-order valence-electron chi connectivity index (χ4n) is 2.63. The van der Waals surface area contributed by atoms with Gasteiger partial charge in [-0.1, -0.05) is 0 Å². The summed E-state index contributed by atoms with van der Waals surface area (Å²) in [4.78, 5) is 12.8. The van der Waals surface area contributed by atoms with E-state index in [-0.39, 0.29) is 6.42 Å². The quantitative estimate of drug-likeness (QED) is 0.870. The fourth-order valence-corrected chi connectivity index (χ4v) is 2.63. The van der Waals surface area contributed by atoms with Crippen LogP contribution in [0.2, 0.25) is 0 Å². The van der Waals surface area contributed by atoms with Gasteiger partial charge in [0, 0.05) is 13.0 Å². The zero-order valence-electron chi connectivity index (χ0n) is 11.6. The van der Waals surface area contributed by atoms with Crippen LogP contribution < -0.4 is 0 Å². The molecule has 0 aliphatic carbocycles. The second kappa shape index (κ2) is 6.09. The summed E-state index contributed by atoms with van der Waals surface area (Å²) in [7, 11) is 0. The second-order valence-electron chi connectivity index (χ2n) is 5.30. The summed E-state index contributed by atoms with van der Waals surface area (Å²) in [5.74, 6) is 1.22. The molecule has 0 spiro atoms. The van der Waals surface area contributed by atoms with Gasteiger partial charge in [-0.3, -0.25) is 9.69 Å². The zero-order chi connectivity index (χ0) is 14.7. The summed E-state index contributed by atoms with van der Waals surface area (Å²) in [6.07, 6.45) is 3.55. The summed E-state index contributed by atoms with van der Waals surface area (Å²) < 4.78 is 10.8. The molecule has 1 N–H and O–H groups in total. The van der Waals surface area contributed by atoms with Crippen LogP contribution in [-0.4, -0.2) is 39.3 Å². The van der Waals surface area contributed by atoms with E-state index in [1.165, 1.54) is 0 Å². The highest BCUT2D eigenvalue weighted by Crippen LogP contribution is 2.23. The SMILES string of the molecule is O=C(O)CCC1CCN(Cc2nnc(-c3ccco3)o2)C1. The predicted molar refractivity (Wildman–Crippen MR) is 72.3 cm³/mol. The van der Waals surface area contributed by atoms with Gasteiger partial charge in [0.15, 0.2) is 5.76 Å². The van der Waals surface area contributed by atoms with Gasteiger partial charge in [0.2, 0.25) is 5.89 Å². The molecule has 1 aliphatic heterocycles. The average Bonchev–Trinajstić information content (AvgIpc) is 3.18. The molecule has 2 aromatic rings. The molecule has 1 unspecified atom stereocenters. The molecule has 0 aromatic carbocycles. The van der Waals surface area contributed by atoms with Crippen molar-refractivity contribution in [2.24, 2.45) is 5.92 Å². The molecule has 7 heteroatoms. The van der Waals surface area contributed by atoms with Crippen LogP contribution in [0.4, 0.5) is 0 Å². The number of likely N-dealkylation sites (tertiary alicyclic amines) is 1. The molecule has 0 radical (unpaired) electrons. The number of nitrogens with zero attached hydrogens (tertiary/aromatic N) is 3. The predicted octanol–water partition coefficient (Wildman–Crippen LogP) is 2.02. The highest BCUT2D eigenvalue weighted by Gasteiger charge is 2.24. The fraction of sp³-hybridized carbons (Fsp3) is 0.500. The standard InChI is InChI=1S/C14H17N3O4/c18-13(19)4-3-10-5-6-17(8-10)9-12-15-16-14(21-12)11-2-1-7-20-11/h1-2,7,10H,3-6,8-9H2,(H,18,19). The van der Waals surface area contributed by atoms with Crippen molar-refractivity contribution in [2.75, 3.05) is 13.1 Å². The Balaban J connectivity index is 1.52. The van der Waals surface area contributed by atoms with Gasteiger partial charge in [-0.2, -0.15) is 0 Å². The molecule has 1 atom stereocenters. The minimum absolute atomic E-state index is 0.238. The number of carboxylic acid groups (broad SMARTS) is 1. The molecule has 0 bridgehead atoms. The third-order valence-electron chi connectivity index (χ3n) is 3.69. The third kappa shape index (κ3) is 3.49. The maximum atomic E-state index is 10.6. The van der Waals surface area contributed by atoms with Crippen molar-refractivity contribution in [3.63, 3.8) is 0 Å². The van der Waals surface area contributed by atoms with Crippen molar-refractivity contribution in [3.05, 3.63) is 24.3 Å². The Morgan fingerprint density at radius 2 is 2.38 bits per heavy atom. The normalized spacial score (nSPS) is 19.1. The summed E-state index contributed by atoms with van der Waals surface area (Å²) in [6, 6.07) is 3.54. The number of hydrogen-bond acceptors (Lipinski definition) is 6. The number of aromatic nitrogens is 2. The molecular formula is C14H17N3O4. The van der Waals surface area contributed by atoms with Crippen LogP contribution in [0.5, 0.6) is 0 Å². The van der Waals surface area contributed by atoms with Crippen molar-refractivity contribution in [3.8, 4) is 11.7 Å². The molecule has 3 heterocycles. The lowest BCUT2D eigenvalue weighted by molar-refractivity contribution is -0.137.